The molecule has 0 spiro atoms. The normalized spacial score (nSPS) is 11.9. The van der Waals surface area contributed by atoms with Gasteiger partial charge in [-0.05, 0) is 30.2 Å². The van der Waals surface area contributed by atoms with Crippen molar-refractivity contribution in [3.63, 3.8) is 0 Å². The minimum absolute atomic E-state index is 0.0388. The van der Waals surface area contributed by atoms with Gasteiger partial charge in [0.2, 0.25) is 5.91 Å². The first-order chi connectivity index (χ1) is 11.6. The van der Waals surface area contributed by atoms with E-state index < -0.39 is 0 Å². The monoisotopic (exact) mass is 379 g/mol. The molecule has 0 heterocycles. The molecule has 0 bridgehead atoms. The van der Waals surface area contributed by atoms with Crippen LogP contribution < -0.4 is 5.32 Å². The first kappa shape index (κ1) is 19.2. The van der Waals surface area contributed by atoms with Gasteiger partial charge in [0, 0.05) is 28.8 Å². The van der Waals surface area contributed by atoms with Crippen LogP contribution in [0.2, 0.25) is 5.02 Å². The highest BCUT2D eigenvalue weighted by Gasteiger charge is 2.12. The Morgan fingerprint density at radius 3 is 2.58 bits per heavy atom. The van der Waals surface area contributed by atoms with Gasteiger partial charge in [-0.2, -0.15) is 11.8 Å². The lowest BCUT2D eigenvalue weighted by molar-refractivity contribution is -0.120. The average Bonchev–Trinajstić information content (AvgIpc) is 2.60. The molecule has 2 aromatic rings. The van der Waals surface area contributed by atoms with Gasteiger partial charge in [0.25, 0.3) is 0 Å². The van der Waals surface area contributed by atoms with Crippen molar-refractivity contribution >= 4 is 41.0 Å². The number of amides is 1. The standard InChI is InChI=1S/C19H22ClNOS2/c1-15(24-14-16-6-3-2-4-7-16)19(22)21-10-11-23-13-17-8-5-9-18(20)12-17/h2-9,12,15H,10-11,13-14H2,1H3,(H,21,22). The number of rotatable bonds is 9. The van der Waals surface area contributed by atoms with Crippen molar-refractivity contribution in [1.29, 1.82) is 0 Å². The fraction of sp³-hybridized carbons (Fsp3) is 0.316. The van der Waals surface area contributed by atoms with E-state index in [1.165, 1.54) is 11.1 Å². The summed E-state index contributed by atoms with van der Waals surface area (Å²) in [7, 11) is 0. The maximum atomic E-state index is 12.1. The molecule has 128 valence electrons. The van der Waals surface area contributed by atoms with Crippen molar-refractivity contribution in [2.75, 3.05) is 12.3 Å². The molecule has 0 radical (unpaired) electrons. The van der Waals surface area contributed by atoms with Crippen LogP contribution >= 0.6 is 35.1 Å². The van der Waals surface area contributed by atoms with Crippen molar-refractivity contribution in [2.45, 2.75) is 23.7 Å². The molecule has 0 aliphatic carbocycles. The van der Waals surface area contributed by atoms with Crippen LogP contribution in [0.1, 0.15) is 18.1 Å². The first-order valence-corrected chi connectivity index (χ1v) is 10.5. The van der Waals surface area contributed by atoms with Gasteiger partial charge < -0.3 is 5.32 Å². The van der Waals surface area contributed by atoms with E-state index in [0.717, 1.165) is 22.3 Å². The van der Waals surface area contributed by atoms with Gasteiger partial charge in [0.15, 0.2) is 0 Å². The molecule has 1 atom stereocenters. The number of carbonyl (C=O) groups is 1. The SMILES string of the molecule is CC(SCc1ccccc1)C(=O)NCCSCc1cccc(Cl)c1. The zero-order chi connectivity index (χ0) is 17.2. The van der Waals surface area contributed by atoms with Gasteiger partial charge in [-0.15, -0.1) is 11.8 Å². The second-order valence-corrected chi connectivity index (χ2v) is 8.28. The molecule has 2 rings (SSSR count). The highest BCUT2D eigenvalue weighted by molar-refractivity contribution is 7.99. The van der Waals surface area contributed by atoms with E-state index in [2.05, 4.69) is 23.5 Å². The zero-order valence-corrected chi connectivity index (χ0v) is 16.1. The molecule has 0 saturated heterocycles. The Labute approximate surface area is 157 Å². The van der Waals surface area contributed by atoms with Gasteiger partial charge in [0.1, 0.15) is 0 Å². The summed E-state index contributed by atoms with van der Waals surface area (Å²) in [5, 5.41) is 3.74. The predicted octanol–water partition coefficient (Wildman–Crippen LogP) is 5.01. The minimum atomic E-state index is -0.0388. The van der Waals surface area contributed by atoms with Crippen LogP contribution in [0, 0.1) is 0 Å². The van der Waals surface area contributed by atoms with Gasteiger partial charge in [-0.1, -0.05) is 54.1 Å². The van der Waals surface area contributed by atoms with Crippen LogP contribution in [0.3, 0.4) is 0 Å². The Morgan fingerprint density at radius 2 is 1.83 bits per heavy atom. The summed E-state index contributed by atoms with van der Waals surface area (Å²) >= 11 is 9.43. The lowest BCUT2D eigenvalue weighted by Gasteiger charge is -2.12. The first-order valence-electron chi connectivity index (χ1n) is 7.90. The van der Waals surface area contributed by atoms with E-state index in [4.69, 9.17) is 11.6 Å². The third-order valence-corrected chi connectivity index (χ3v) is 5.89. The number of benzene rings is 2. The van der Waals surface area contributed by atoms with Crippen molar-refractivity contribution in [3.8, 4) is 0 Å². The summed E-state index contributed by atoms with van der Waals surface area (Å²) in [5.74, 6) is 2.78. The Bertz CT molecular complexity index is 636. The molecule has 5 heteroatoms. The summed E-state index contributed by atoms with van der Waals surface area (Å²) in [6.45, 7) is 2.66. The van der Waals surface area contributed by atoms with E-state index in [-0.39, 0.29) is 11.2 Å². The fourth-order valence-electron chi connectivity index (χ4n) is 2.08. The zero-order valence-electron chi connectivity index (χ0n) is 13.7. The Kier molecular flexibility index (Phi) is 8.57. The summed E-state index contributed by atoms with van der Waals surface area (Å²) in [6.07, 6.45) is 0. The molecule has 0 aliphatic rings. The number of nitrogens with one attached hydrogen (secondary N) is 1. The number of hydrogen-bond acceptors (Lipinski definition) is 3. The van der Waals surface area contributed by atoms with Gasteiger partial charge >= 0.3 is 0 Å². The van der Waals surface area contributed by atoms with Crippen LogP contribution in [0.25, 0.3) is 0 Å². The van der Waals surface area contributed by atoms with E-state index in [9.17, 15) is 4.79 Å². The smallest absolute Gasteiger partial charge is 0.232 e. The lowest BCUT2D eigenvalue weighted by Crippen LogP contribution is -2.32. The molecule has 0 fully saturated rings. The predicted molar refractivity (Wildman–Crippen MR) is 108 cm³/mol. The third kappa shape index (κ3) is 7.20. The Morgan fingerprint density at radius 1 is 1.08 bits per heavy atom. The van der Waals surface area contributed by atoms with Crippen LogP contribution in [-0.4, -0.2) is 23.5 Å². The number of thioether (sulfide) groups is 2. The molecule has 24 heavy (non-hydrogen) atoms. The largest absolute Gasteiger partial charge is 0.354 e. The molecule has 0 aliphatic heterocycles. The molecule has 2 aromatic carbocycles. The molecular weight excluding hydrogens is 358 g/mol. The lowest BCUT2D eigenvalue weighted by atomic mass is 10.2. The summed E-state index contributed by atoms with van der Waals surface area (Å²) in [4.78, 5) is 12.1. The van der Waals surface area contributed by atoms with E-state index in [1.54, 1.807) is 23.5 Å². The van der Waals surface area contributed by atoms with Gasteiger partial charge in [-0.25, -0.2) is 0 Å². The van der Waals surface area contributed by atoms with Crippen molar-refractivity contribution in [3.05, 3.63) is 70.7 Å². The second kappa shape index (κ2) is 10.7. The van der Waals surface area contributed by atoms with Crippen LogP contribution in [0.5, 0.6) is 0 Å². The molecule has 0 aromatic heterocycles. The maximum absolute atomic E-state index is 12.1. The summed E-state index contributed by atoms with van der Waals surface area (Å²) in [6, 6.07) is 18.1. The third-order valence-electron chi connectivity index (χ3n) is 3.42. The summed E-state index contributed by atoms with van der Waals surface area (Å²) in [5.41, 5.74) is 2.46. The van der Waals surface area contributed by atoms with E-state index >= 15 is 0 Å². The van der Waals surface area contributed by atoms with Gasteiger partial charge in [-0.3, -0.25) is 4.79 Å². The maximum Gasteiger partial charge on any atom is 0.232 e. The molecule has 1 N–H and O–H groups in total. The highest BCUT2D eigenvalue weighted by Crippen LogP contribution is 2.18. The number of halogens is 1. The Hall–Kier alpha value is -1.10. The second-order valence-electron chi connectivity index (χ2n) is 5.41. The topological polar surface area (TPSA) is 29.1 Å². The summed E-state index contributed by atoms with van der Waals surface area (Å²) < 4.78 is 0. The van der Waals surface area contributed by atoms with E-state index in [0.29, 0.717) is 6.54 Å². The molecule has 2 nitrogen and oxygen atoms in total. The van der Waals surface area contributed by atoms with E-state index in [1.807, 2.05) is 43.3 Å². The fourth-order valence-corrected chi connectivity index (χ4v) is 3.97. The number of hydrogen-bond donors (Lipinski definition) is 1. The molecular formula is C19H22ClNOS2. The van der Waals surface area contributed by atoms with Crippen molar-refractivity contribution in [1.82, 2.24) is 5.32 Å². The van der Waals surface area contributed by atoms with Crippen molar-refractivity contribution < 1.29 is 4.79 Å². The average molecular weight is 380 g/mol. The van der Waals surface area contributed by atoms with Crippen LogP contribution in [-0.2, 0) is 16.3 Å². The quantitative estimate of drug-likeness (QED) is 0.621. The minimum Gasteiger partial charge on any atom is -0.354 e. The Balaban J connectivity index is 1.58. The molecule has 1 amide bonds. The molecule has 0 saturated carbocycles. The van der Waals surface area contributed by atoms with Gasteiger partial charge in [0.05, 0.1) is 5.25 Å². The number of carbonyl (C=O) groups excluding carboxylic acids is 1. The molecule has 1 unspecified atom stereocenters. The highest BCUT2D eigenvalue weighted by atomic mass is 35.5. The van der Waals surface area contributed by atoms with Crippen molar-refractivity contribution in [2.24, 2.45) is 0 Å². The van der Waals surface area contributed by atoms with Crippen LogP contribution in [0.4, 0.5) is 0 Å². The van der Waals surface area contributed by atoms with Crippen LogP contribution in [0.15, 0.2) is 54.6 Å².